The van der Waals surface area contributed by atoms with Crippen molar-refractivity contribution in [1.82, 2.24) is 0 Å². The lowest BCUT2D eigenvalue weighted by Gasteiger charge is -2.27. The highest BCUT2D eigenvalue weighted by Gasteiger charge is 2.74. The Morgan fingerprint density at radius 3 is 2.00 bits per heavy atom. The van der Waals surface area contributed by atoms with Gasteiger partial charge in [-0.05, 0) is 30.2 Å². The molecule has 9 heteroatoms. The number of fused-ring (bicyclic) bond motifs is 3. The number of non-ortho nitro benzene ring substituents is 1. The van der Waals surface area contributed by atoms with Crippen LogP contribution < -0.4 is 4.90 Å². The summed E-state index contributed by atoms with van der Waals surface area (Å²) in [5.74, 6) is -5.15. The molecular weight excluding hydrogens is 464 g/mol. The second-order valence-electron chi connectivity index (χ2n) is 9.12. The number of carbonyl (C=O) groups is 4. The van der Waals surface area contributed by atoms with Crippen LogP contribution in [0.25, 0.3) is 0 Å². The summed E-state index contributed by atoms with van der Waals surface area (Å²) in [4.78, 5) is 66.6. The van der Waals surface area contributed by atoms with E-state index in [1.54, 1.807) is 24.3 Å². The van der Waals surface area contributed by atoms with Crippen LogP contribution in [0.4, 0.5) is 11.4 Å². The van der Waals surface area contributed by atoms with Crippen molar-refractivity contribution in [2.24, 2.45) is 11.8 Å². The van der Waals surface area contributed by atoms with Crippen LogP contribution in [0.2, 0.25) is 0 Å². The van der Waals surface area contributed by atoms with Gasteiger partial charge in [-0.15, -0.1) is 0 Å². The van der Waals surface area contributed by atoms with Gasteiger partial charge in [0.2, 0.25) is 29.0 Å². The molecule has 0 unspecified atom stereocenters. The Hall–Kier alpha value is -4.50. The fourth-order valence-corrected chi connectivity index (χ4v) is 5.68. The summed E-state index contributed by atoms with van der Waals surface area (Å²) in [6, 6.07) is 18.4. The van der Waals surface area contributed by atoms with Gasteiger partial charge in [0, 0.05) is 23.3 Å². The molecule has 0 radical (unpaired) electrons. The standard InChI is InChI=1S/C27H18N2O7/c1-14-6-2-3-7-17(14)22-20-21(27(36-22)23(30)18-8-4-5-9-19(18)24(27)31)26(33)28(25(20)32)15-10-12-16(13-11-15)29(34)35/h2-13,20-22H,1H3/t20-,21-,22-/m0/s1. The minimum atomic E-state index is -2.16. The van der Waals surface area contributed by atoms with Crippen LogP contribution in [0, 0.1) is 28.9 Å². The number of hydrogen-bond donors (Lipinski definition) is 0. The molecule has 0 bridgehead atoms. The molecule has 2 saturated heterocycles. The van der Waals surface area contributed by atoms with Gasteiger partial charge in [0.1, 0.15) is 0 Å². The molecule has 1 spiro atoms. The van der Waals surface area contributed by atoms with Crippen molar-refractivity contribution < 1.29 is 28.8 Å². The van der Waals surface area contributed by atoms with Crippen molar-refractivity contribution in [1.29, 1.82) is 0 Å². The number of imide groups is 1. The van der Waals surface area contributed by atoms with Crippen LogP contribution in [0.1, 0.15) is 37.9 Å². The van der Waals surface area contributed by atoms with Crippen LogP contribution in [0.3, 0.4) is 0 Å². The molecule has 2 aliphatic heterocycles. The summed E-state index contributed by atoms with van der Waals surface area (Å²) in [6.45, 7) is 1.82. The third kappa shape index (κ3) is 2.68. The Morgan fingerprint density at radius 2 is 1.42 bits per heavy atom. The zero-order valence-electron chi connectivity index (χ0n) is 18.9. The van der Waals surface area contributed by atoms with E-state index in [2.05, 4.69) is 0 Å². The molecule has 0 aromatic heterocycles. The van der Waals surface area contributed by atoms with Crippen LogP contribution in [0.15, 0.2) is 72.8 Å². The number of hydrogen-bond acceptors (Lipinski definition) is 7. The van der Waals surface area contributed by atoms with E-state index in [0.29, 0.717) is 5.56 Å². The number of rotatable bonds is 3. The van der Waals surface area contributed by atoms with E-state index >= 15 is 0 Å². The van der Waals surface area contributed by atoms with Crippen molar-refractivity contribution in [3.05, 3.63) is 105 Å². The van der Waals surface area contributed by atoms with Crippen molar-refractivity contribution >= 4 is 34.8 Å². The molecule has 1 aliphatic carbocycles. The highest BCUT2D eigenvalue weighted by Crippen LogP contribution is 2.58. The van der Waals surface area contributed by atoms with Crippen LogP contribution in [-0.2, 0) is 14.3 Å². The maximum atomic E-state index is 13.9. The number of nitro groups is 1. The summed E-state index contributed by atoms with van der Waals surface area (Å²) >= 11 is 0. The number of ketones is 2. The number of nitrogens with zero attached hydrogens (tertiary/aromatic N) is 2. The molecule has 9 nitrogen and oxygen atoms in total. The molecule has 6 rings (SSSR count). The van der Waals surface area contributed by atoms with E-state index in [1.807, 2.05) is 19.1 Å². The number of anilines is 1. The summed E-state index contributed by atoms with van der Waals surface area (Å²) < 4.78 is 6.27. The van der Waals surface area contributed by atoms with Crippen LogP contribution >= 0.6 is 0 Å². The van der Waals surface area contributed by atoms with Gasteiger partial charge < -0.3 is 4.74 Å². The second kappa shape index (κ2) is 7.50. The molecule has 178 valence electrons. The minimum absolute atomic E-state index is 0.124. The molecule has 36 heavy (non-hydrogen) atoms. The van der Waals surface area contributed by atoms with Crippen LogP contribution in [-0.4, -0.2) is 33.9 Å². The van der Waals surface area contributed by atoms with E-state index in [-0.39, 0.29) is 22.5 Å². The van der Waals surface area contributed by atoms with Crippen molar-refractivity contribution in [3.63, 3.8) is 0 Å². The zero-order chi connectivity index (χ0) is 25.4. The van der Waals surface area contributed by atoms with Gasteiger partial charge in [0.05, 0.1) is 28.6 Å². The van der Waals surface area contributed by atoms with Gasteiger partial charge in [-0.25, -0.2) is 4.90 Å². The third-order valence-corrected chi connectivity index (χ3v) is 7.33. The first kappa shape index (κ1) is 22.0. The van der Waals surface area contributed by atoms with Crippen molar-refractivity contribution in [3.8, 4) is 0 Å². The number of Topliss-reactive ketones (excluding diaryl/α,β-unsaturated/α-hetero) is 2. The minimum Gasteiger partial charge on any atom is -0.349 e. The maximum Gasteiger partial charge on any atom is 0.269 e. The molecule has 0 saturated carbocycles. The Balaban J connectivity index is 1.53. The molecule has 3 atom stereocenters. The first-order valence-corrected chi connectivity index (χ1v) is 11.3. The molecule has 2 amide bonds. The largest absolute Gasteiger partial charge is 0.349 e. The number of ether oxygens (including phenoxy) is 1. The summed E-state index contributed by atoms with van der Waals surface area (Å²) in [7, 11) is 0. The highest BCUT2D eigenvalue weighted by molar-refractivity contribution is 6.37. The highest BCUT2D eigenvalue weighted by atomic mass is 16.6. The first-order valence-electron chi connectivity index (χ1n) is 11.3. The normalized spacial score (nSPS) is 23.9. The SMILES string of the molecule is Cc1ccccc1[C@@H]1OC2(C(=O)c3ccccc3C2=O)[C@@H]2C(=O)N(c3ccc([N+](=O)[O-])cc3)C(=O)[C@@H]21. The Kier molecular flexibility index (Phi) is 4.58. The molecule has 3 aliphatic rings. The third-order valence-electron chi connectivity index (χ3n) is 7.33. The van der Waals surface area contributed by atoms with Gasteiger partial charge in [-0.1, -0.05) is 48.5 Å². The van der Waals surface area contributed by atoms with E-state index in [9.17, 15) is 29.3 Å². The summed E-state index contributed by atoms with van der Waals surface area (Å²) in [5.41, 5.74) is -0.549. The van der Waals surface area contributed by atoms with Crippen molar-refractivity contribution in [2.45, 2.75) is 18.6 Å². The predicted octanol–water partition coefficient (Wildman–Crippen LogP) is 3.60. The maximum absolute atomic E-state index is 13.9. The van der Waals surface area contributed by atoms with E-state index in [4.69, 9.17) is 4.74 Å². The predicted molar refractivity (Wildman–Crippen MR) is 125 cm³/mol. The van der Waals surface area contributed by atoms with Gasteiger partial charge in [-0.2, -0.15) is 0 Å². The number of carbonyl (C=O) groups excluding carboxylic acids is 4. The Bertz CT molecular complexity index is 1480. The average molecular weight is 482 g/mol. The van der Waals surface area contributed by atoms with Gasteiger partial charge in [-0.3, -0.25) is 29.3 Å². The van der Waals surface area contributed by atoms with Gasteiger partial charge in [0.15, 0.2) is 0 Å². The average Bonchev–Trinajstić information content (AvgIpc) is 3.44. The monoisotopic (exact) mass is 482 g/mol. The smallest absolute Gasteiger partial charge is 0.269 e. The fourth-order valence-electron chi connectivity index (χ4n) is 5.68. The molecule has 2 heterocycles. The topological polar surface area (TPSA) is 124 Å². The quantitative estimate of drug-likeness (QED) is 0.242. The molecule has 3 aromatic rings. The van der Waals surface area contributed by atoms with E-state index < -0.39 is 51.8 Å². The molecular formula is C27H18N2O7. The van der Waals surface area contributed by atoms with Crippen LogP contribution in [0.5, 0.6) is 0 Å². The lowest BCUT2D eigenvalue weighted by atomic mass is 9.77. The zero-order valence-corrected chi connectivity index (χ0v) is 18.9. The number of benzene rings is 3. The van der Waals surface area contributed by atoms with E-state index in [0.717, 1.165) is 10.5 Å². The summed E-state index contributed by atoms with van der Waals surface area (Å²) in [6.07, 6.45) is -1.02. The van der Waals surface area contributed by atoms with Gasteiger partial charge in [0.25, 0.3) is 5.69 Å². The Morgan fingerprint density at radius 1 is 0.833 bits per heavy atom. The van der Waals surface area contributed by atoms with E-state index in [1.165, 1.54) is 36.4 Å². The molecule has 2 fully saturated rings. The number of amides is 2. The number of aryl methyl sites for hydroxylation is 1. The van der Waals surface area contributed by atoms with Gasteiger partial charge >= 0.3 is 0 Å². The summed E-state index contributed by atoms with van der Waals surface area (Å²) in [5, 5.41) is 11.1. The number of nitro benzene ring substituents is 1. The second-order valence-corrected chi connectivity index (χ2v) is 9.12. The van der Waals surface area contributed by atoms with Crippen molar-refractivity contribution in [2.75, 3.05) is 4.90 Å². The lowest BCUT2D eigenvalue weighted by Crippen LogP contribution is -2.51. The fraction of sp³-hybridized carbons (Fsp3) is 0.185. The molecule has 0 N–H and O–H groups in total. The molecule has 3 aromatic carbocycles. The first-order chi connectivity index (χ1) is 17.3. The lowest BCUT2D eigenvalue weighted by molar-refractivity contribution is -0.384. The Labute approximate surface area is 204 Å².